The Hall–Kier alpha value is -3.43. The minimum atomic E-state index is -1.00. The Morgan fingerprint density at radius 1 is 1.21 bits per heavy atom. The Kier molecular flexibility index (Phi) is 6.10. The van der Waals surface area contributed by atoms with E-state index in [4.69, 9.17) is 28.9 Å². The predicted octanol–water partition coefficient (Wildman–Crippen LogP) is 3.56. The SMILES string of the molecule is Cc1nn(-c2ccc(Cl)cc2)c(O)c1/C=N/NC(=S)Nc1ccc(C(=O)O)cc1. The number of nitrogens with zero attached hydrogens (tertiary/aromatic N) is 3. The molecular formula is C19H16ClN5O3S. The number of aromatic carboxylic acids is 1. The summed E-state index contributed by atoms with van der Waals surface area (Å²) in [6.07, 6.45) is 1.41. The molecule has 0 saturated carbocycles. The highest BCUT2D eigenvalue weighted by Crippen LogP contribution is 2.24. The lowest BCUT2D eigenvalue weighted by Crippen LogP contribution is -2.23. The van der Waals surface area contributed by atoms with Gasteiger partial charge in [-0.15, -0.1) is 0 Å². The molecule has 3 aromatic rings. The van der Waals surface area contributed by atoms with Crippen LogP contribution in [0.25, 0.3) is 5.69 Å². The number of hydrogen-bond donors (Lipinski definition) is 4. The van der Waals surface area contributed by atoms with Crippen LogP contribution in [0.15, 0.2) is 53.6 Å². The van der Waals surface area contributed by atoms with E-state index >= 15 is 0 Å². The molecule has 4 N–H and O–H groups in total. The molecule has 0 amide bonds. The Morgan fingerprint density at radius 2 is 1.86 bits per heavy atom. The van der Waals surface area contributed by atoms with E-state index < -0.39 is 5.97 Å². The van der Waals surface area contributed by atoms with Crippen LogP contribution < -0.4 is 10.7 Å². The maximum atomic E-state index is 10.9. The Balaban J connectivity index is 1.66. The monoisotopic (exact) mass is 429 g/mol. The minimum Gasteiger partial charge on any atom is -0.493 e. The van der Waals surface area contributed by atoms with Gasteiger partial charge in [-0.3, -0.25) is 5.43 Å². The summed E-state index contributed by atoms with van der Waals surface area (Å²) in [5, 5.41) is 31.3. The van der Waals surface area contributed by atoms with Gasteiger partial charge in [-0.1, -0.05) is 11.6 Å². The number of nitrogens with one attached hydrogen (secondary N) is 2. The van der Waals surface area contributed by atoms with Gasteiger partial charge in [0.2, 0.25) is 5.88 Å². The molecule has 10 heteroatoms. The van der Waals surface area contributed by atoms with Gasteiger partial charge in [0.15, 0.2) is 5.11 Å². The molecule has 29 heavy (non-hydrogen) atoms. The molecule has 0 fully saturated rings. The summed E-state index contributed by atoms with van der Waals surface area (Å²) < 4.78 is 1.38. The lowest BCUT2D eigenvalue weighted by Gasteiger charge is -2.07. The fraction of sp³-hybridized carbons (Fsp3) is 0.0526. The third-order valence-corrected chi connectivity index (χ3v) is 4.35. The lowest BCUT2D eigenvalue weighted by atomic mass is 10.2. The first-order chi connectivity index (χ1) is 13.8. The normalized spacial score (nSPS) is 10.8. The zero-order valence-corrected chi connectivity index (χ0v) is 16.7. The van der Waals surface area contributed by atoms with Crippen LogP contribution in [-0.2, 0) is 0 Å². The number of hydrogen-bond acceptors (Lipinski definition) is 5. The molecule has 148 valence electrons. The molecule has 0 aliphatic heterocycles. The molecule has 0 saturated heterocycles. The van der Waals surface area contributed by atoms with Crippen LogP contribution in [0.2, 0.25) is 5.02 Å². The largest absolute Gasteiger partial charge is 0.493 e. The van der Waals surface area contributed by atoms with Crippen molar-refractivity contribution < 1.29 is 15.0 Å². The average Bonchev–Trinajstić information content (AvgIpc) is 2.97. The third-order valence-electron chi connectivity index (χ3n) is 3.90. The third kappa shape index (κ3) is 4.89. The van der Waals surface area contributed by atoms with E-state index in [2.05, 4.69) is 20.9 Å². The number of carbonyl (C=O) groups is 1. The summed E-state index contributed by atoms with van der Waals surface area (Å²) in [5.74, 6) is -1.07. The first-order valence-electron chi connectivity index (χ1n) is 8.33. The molecule has 2 aromatic carbocycles. The molecule has 1 heterocycles. The first-order valence-corrected chi connectivity index (χ1v) is 9.11. The summed E-state index contributed by atoms with van der Waals surface area (Å²) >= 11 is 11.0. The zero-order chi connectivity index (χ0) is 21.0. The maximum absolute atomic E-state index is 10.9. The smallest absolute Gasteiger partial charge is 0.335 e. The van der Waals surface area contributed by atoms with Crippen molar-refractivity contribution in [3.63, 3.8) is 0 Å². The Morgan fingerprint density at radius 3 is 2.48 bits per heavy atom. The molecule has 0 atom stereocenters. The van der Waals surface area contributed by atoms with E-state index in [1.165, 1.54) is 23.0 Å². The van der Waals surface area contributed by atoms with Crippen LogP contribution in [0.5, 0.6) is 5.88 Å². The predicted molar refractivity (Wildman–Crippen MR) is 115 cm³/mol. The van der Waals surface area contributed by atoms with Crippen LogP contribution in [0, 0.1) is 6.92 Å². The van der Waals surface area contributed by atoms with Gasteiger partial charge < -0.3 is 15.5 Å². The number of anilines is 1. The molecule has 8 nitrogen and oxygen atoms in total. The molecule has 0 unspecified atom stereocenters. The van der Waals surface area contributed by atoms with Gasteiger partial charge in [-0.05, 0) is 67.7 Å². The fourth-order valence-electron chi connectivity index (χ4n) is 2.45. The molecule has 0 aliphatic rings. The average molecular weight is 430 g/mol. The quantitative estimate of drug-likeness (QED) is 0.278. The molecular weight excluding hydrogens is 414 g/mol. The number of halogens is 1. The van der Waals surface area contributed by atoms with Crippen LogP contribution in [0.1, 0.15) is 21.6 Å². The summed E-state index contributed by atoms with van der Waals surface area (Å²) in [6, 6.07) is 13.0. The van der Waals surface area contributed by atoms with E-state index in [0.29, 0.717) is 27.7 Å². The highest BCUT2D eigenvalue weighted by atomic mass is 35.5. The van der Waals surface area contributed by atoms with Crippen LogP contribution in [0.4, 0.5) is 5.69 Å². The second kappa shape index (κ2) is 8.72. The summed E-state index contributed by atoms with van der Waals surface area (Å²) in [4.78, 5) is 10.9. The number of aromatic hydroxyl groups is 1. The number of aryl methyl sites for hydroxylation is 1. The van der Waals surface area contributed by atoms with Gasteiger partial charge in [-0.25, -0.2) is 9.48 Å². The van der Waals surface area contributed by atoms with Crippen LogP contribution in [-0.4, -0.2) is 37.3 Å². The van der Waals surface area contributed by atoms with E-state index in [-0.39, 0.29) is 16.6 Å². The van der Waals surface area contributed by atoms with Crippen LogP contribution in [0.3, 0.4) is 0 Å². The van der Waals surface area contributed by atoms with Crippen molar-refractivity contribution in [2.45, 2.75) is 6.92 Å². The van der Waals surface area contributed by atoms with Crippen molar-refractivity contribution in [1.29, 1.82) is 0 Å². The molecule has 0 radical (unpaired) electrons. The zero-order valence-electron chi connectivity index (χ0n) is 15.1. The molecule has 0 spiro atoms. The topological polar surface area (TPSA) is 112 Å². The first kappa shape index (κ1) is 20.3. The van der Waals surface area contributed by atoms with Crippen molar-refractivity contribution in [2.24, 2.45) is 5.10 Å². The van der Waals surface area contributed by atoms with Gasteiger partial charge in [0.1, 0.15) is 0 Å². The summed E-state index contributed by atoms with van der Waals surface area (Å²) in [5.41, 5.74) is 5.09. The minimum absolute atomic E-state index is 0.0708. The number of thiocarbonyl (C=S) groups is 1. The number of rotatable bonds is 5. The van der Waals surface area contributed by atoms with E-state index in [1.807, 2.05) is 0 Å². The fourth-order valence-corrected chi connectivity index (χ4v) is 2.75. The second-order valence-electron chi connectivity index (χ2n) is 5.92. The van der Waals surface area contributed by atoms with Gasteiger partial charge in [0, 0.05) is 10.7 Å². The molecule has 0 aliphatic carbocycles. The van der Waals surface area contributed by atoms with Crippen molar-refractivity contribution >= 4 is 46.8 Å². The standard InChI is InChI=1S/C19H16ClN5O3S/c1-11-16(17(26)25(24-11)15-8-4-13(20)5-9-15)10-21-23-19(29)22-14-6-2-12(3-7-14)18(27)28/h2-10,26H,1H3,(H,27,28)(H2,22,23,29)/b21-10+. The molecule has 1 aromatic heterocycles. The van der Waals surface area contributed by atoms with Crippen molar-refractivity contribution in [3.8, 4) is 11.6 Å². The maximum Gasteiger partial charge on any atom is 0.335 e. The second-order valence-corrected chi connectivity index (χ2v) is 6.76. The Labute approximate surface area is 176 Å². The number of hydrazone groups is 1. The summed E-state index contributed by atoms with van der Waals surface area (Å²) in [6.45, 7) is 1.74. The van der Waals surface area contributed by atoms with Gasteiger partial charge in [0.05, 0.1) is 28.7 Å². The van der Waals surface area contributed by atoms with Crippen molar-refractivity contribution in [1.82, 2.24) is 15.2 Å². The van der Waals surface area contributed by atoms with Gasteiger partial charge in [-0.2, -0.15) is 10.2 Å². The number of benzene rings is 2. The number of carboxylic acids is 1. The number of carboxylic acid groups (broad SMARTS) is 1. The van der Waals surface area contributed by atoms with Gasteiger partial charge >= 0.3 is 5.97 Å². The van der Waals surface area contributed by atoms with Gasteiger partial charge in [0.25, 0.3) is 0 Å². The van der Waals surface area contributed by atoms with Crippen molar-refractivity contribution in [2.75, 3.05) is 5.32 Å². The van der Waals surface area contributed by atoms with E-state index in [9.17, 15) is 9.90 Å². The molecule has 3 rings (SSSR count). The Bertz CT molecular complexity index is 1080. The van der Waals surface area contributed by atoms with E-state index in [0.717, 1.165) is 0 Å². The molecule has 0 bridgehead atoms. The number of aromatic nitrogens is 2. The highest BCUT2D eigenvalue weighted by molar-refractivity contribution is 7.80. The highest BCUT2D eigenvalue weighted by Gasteiger charge is 2.14. The van der Waals surface area contributed by atoms with Crippen LogP contribution >= 0.6 is 23.8 Å². The lowest BCUT2D eigenvalue weighted by molar-refractivity contribution is 0.0697. The van der Waals surface area contributed by atoms with Crippen molar-refractivity contribution in [3.05, 3.63) is 70.4 Å². The summed E-state index contributed by atoms with van der Waals surface area (Å²) in [7, 11) is 0. The van der Waals surface area contributed by atoms with E-state index in [1.54, 1.807) is 43.3 Å².